The smallest absolute Gasteiger partial charge is 0.682 e. The second kappa shape index (κ2) is 15.7. The van der Waals surface area contributed by atoms with Crippen LogP contribution < -0.4 is 113 Å². The van der Waals surface area contributed by atoms with Crippen LogP contribution in [-0.4, -0.2) is 39.2 Å². The first kappa shape index (κ1) is 34.4. The van der Waals surface area contributed by atoms with Gasteiger partial charge in [-0.15, -0.1) is 0 Å². The van der Waals surface area contributed by atoms with Gasteiger partial charge in [-0.3, -0.25) is 4.99 Å². The molecule has 0 radical (unpaired) electrons. The van der Waals surface area contributed by atoms with Crippen LogP contribution in [0, 0.1) is 0 Å². The Bertz CT molecular complexity index is 338. The SMILES string of the molecule is CCOC([O-])=NCCCCCC(O)([P+]([O-])([O-])[O-])[P+]([O-])(O)O.[Na+].[Na+].[Na+]. The van der Waals surface area contributed by atoms with Crippen LogP contribution >= 0.6 is 15.9 Å². The molecule has 0 aliphatic heterocycles. The summed E-state index contributed by atoms with van der Waals surface area (Å²) in [5.74, 6) is 0. The Balaban J connectivity index is -0.000000667. The normalized spacial score (nSPS) is 14.6. The zero-order valence-electron chi connectivity index (χ0n) is 14.4. The molecule has 0 saturated carbocycles. The first-order chi connectivity index (χ1) is 9.45. The van der Waals surface area contributed by atoms with Crippen LogP contribution in [0.3, 0.4) is 0 Å². The summed E-state index contributed by atoms with van der Waals surface area (Å²) < 4.78 is 4.52. The summed E-state index contributed by atoms with van der Waals surface area (Å²) in [5.41, 5.74) is 0. The average molecular weight is 415 g/mol. The molecule has 0 bridgehead atoms. The van der Waals surface area contributed by atoms with Crippen molar-refractivity contribution in [3.05, 3.63) is 0 Å². The molecule has 0 aliphatic carbocycles. The van der Waals surface area contributed by atoms with Gasteiger partial charge in [-0.2, -0.15) is 0 Å². The van der Waals surface area contributed by atoms with Gasteiger partial charge in [0, 0.05) is 6.54 Å². The topological polar surface area (TPSA) is 198 Å². The third-order valence-corrected chi connectivity index (χ3v) is 6.36. The molecule has 0 fully saturated rings. The Labute approximate surface area is 208 Å². The van der Waals surface area contributed by atoms with Gasteiger partial charge in [-0.05, 0) is 19.4 Å². The Morgan fingerprint density at radius 1 is 1.04 bits per heavy atom. The summed E-state index contributed by atoms with van der Waals surface area (Å²) in [7, 11) is -11.4. The summed E-state index contributed by atoms with van der Waals surface area (Å²) in [6.45, 7) is 1.87. The first-order valence-electron chi connectivity index (χ1n) is 6.10. The van der Waals surface area contributed by atoms with E-state index in [1.807, 2.05) is 0 Å². The van der Waals surface area contributed by atoms with Crippen molar-refractivity contribution in [3.63, 3.8) is 0 Å². The Hall–Kier alpha value is 2.85. The summed E-state index contributed by atoms with van der Waals surface area (Å²) in [4.78, 5) is 64.6. The van der Waals surface area contributed by atoms with E-state index in [1.54, 1.807) is 6.92 Å². The van der Waals surface area contributed by atoms with Crippen LogP contribution in [0.4, 0.5) is 0 Å². The number of unbranched alkanes of at least 4 members (excludes halogenated alkanes) is 2. The minimum atomic E-state index is -5.89. The van der Waals surface area contributed by atoms with Crippen LogP contribution in [0.1, 0.15) is 32.6 Å². The Morgan fingerprint density at radius 2 is 1.54 bits per heavy atom. The summed E-state index contributed by atoms with van der Waals surface area (Å²) in [5, 5.41) is 16.7. The third kappa shape index (κ3) is 12.3. The Kier molecular flexibility index (Phi) is 22.5. The summed E-state index contributed by atoms with van der Waals surface area (Å²) >= 11 is 0. The van der Waals surface area contributed by atoms with Crippen molar-refractivity contribution in [2.24, 2.45) is 4.99 Å². The van der Waals surface area contributed by atoms with Crippen LogP contribution in [0.2, 0.25) is 0 Å². The van der Waals surface area contributed by atoms with Gasteiger partial charge in [-0.25, -0.2) is 9.79 Å². The first-order valence-corrected chi connectivity index (χ1v) is 9.25. The van der Waals surface area contributed by atoms with Crippen molar-refractivity contribution in [2.75, 3.05) is 13.2 Å². The number of aliphatic imine (C=N–C) groups is 1. The van der Waals surface area contributed by atoms with Crippen molar-refractivity contribution >= 4 is 22.0 Å². The van der Waals surface area contributed by atoms with Crippen molar-refractivity contribution in [1.29, 1.82) is 0 Å². The molecule has 126 valence electrons. The number of nitrogens with zero attached hydrogens (tertiary/aromatic N) is 1. The molecule has 0 aliphatic rings. The van der Waals surface area contributed by atoms with E-state index in [0.29, 0.717) is 6.42 Å². The maximum atomic E-state index is 11.0. The van der Waals surface area contributed by atoms with E-state index in [0.717, 1.165) is 0 Å². The van der Waals surface area contributed by atoms with E-state index in [-0.39, 0.29) is 115 Å². The molecule has 10 nitrogen and oxygen atoms in total. The van der Waals surface area contributed by atoms with Crippen LogP contribution in [-0.2, 0) is 4.74 Å². The average Bonchev–Trinajstić information content (AvgIpc) is 2.30. The number of aliphatic hydroxyl groups is 1. The van der Waals surface area contributed by atoms with E-state index in [9.17, 15) is 29.8 Å². The minimum Gasteiger partial charge on any atom is -0.682 e. The maximum absolute atomic E-state index is 11.0. The molecule has 0 amide bonds. The van der Waals surface area contributed by atoms with Crippen molar-refractivity contribution in [2.45, 2.75) is 37.7 Å². The van der Waals surface area contributed by atoms with Gasteiger partial charge in [0.2, 0.25) is 0 Å². The van der Waals surface area contributed by atoms with E-state index in [2.05, 4.69) is 9.73 Å². The van der Waals surface area contributed by atoms with Gasteiger partial charge >= 0.3 is 102 Å². The molecule has 0 aromatic heterocycles. The van der Waals surface area contributed by atoms with Crippen molar-refractivity contribution in [1.82, 2.24) is 0 Å². The number of hydrogen-bond donors (Lipinski definition) is 3. The maximum Gasteiger partial charge on any atom is 1.00 e. The zero-order chi connectivity index (χ0) is 16.7. The summed E-state index contributed by atoms with van der Waals surface area (Å²) in [6.07, 6.45) is -1.24. The van der Waals surface area contributed by atoms with Gasteiger partial charge in [-0.1, -0.05) is 21.3 Å². The molecule has 15 heteroatoms. The second-order valence-corrected chi connectivity index (χ2v) is 8.12. The molecule has 1 unspecified atom stereocenters. The molecular formula is C9H18NNa3O9P2. The largest absolute Gasteiger partial charge is 1.00 e. The van der Waals surface area contributed by atoms with Crippen LogP contribution in [0.15, 0.2) is 4.99 Å². The molecule has 3 N–H and O–H groups in total. The van der Waals surface area contributed by atoms with Gasteiger partial charge in [0.25, 0.3) is 0 Å². The fourth-order valence-electron chi connectivity index (χ4n) is 1.43. The zero-order valence-corrected chi connectivity index (χ0v) is 22.2. The fourth-order valence-corrected chi connectivity index (χ4v) is 3.59. The third-order valence-electron chi connectivity index (χ3n) is 2.58. The molecule has 1 atom stereocenters. The molecule has 0 spiro atoms. The number of ether oxygens (including phenoxy) is 1. The van der Waals surface area contributed by atoms with E-state index < -0.39 is 33.5 Å². The number of rotatable bonds is 9. The van der Waals surface area contributed by atoms with E-state index in [4.69, 9.17) is 9.79 Å². The molecule has 0 saturated heterocycles. The molecule has 0 rings (SSSR count). The predicted molar refractivity (Wildman–Crippen MR) is 65.6 cm³/mol. The van der Waals surface area contributed by atoms with Crippen molar-refractivity contribution in [3.8, 4) is 0 Å². The van der Waals surface area contributed by atoms with Crippen molar-refractivity contribution < 1.29 is 133 Å². The Morgan fingerprint density at radius 3 is 1.92 bits per heavy atom. The summed E-state index contributed by atoms with van der Waals surface area (Å²) in [6, 6.07) is 0. The van der Waals surface area contributed by atoms with Gasteiger partial charge in [0.05, 0.1) is 6.42 Å². The fraction of sp³-hybridized carbons (Fsp3) is 0.889. The quantitative estimate of drug-likeness (QED) is 0.108. The second-order valence-electron chi connectivity index (χ2n) is 4.21. The molecule has 0 heterocycles. The van der Waals surface area contributed by atoms with Gasteiger partial charge in [0.1, 0.15) is 6.08 Å². The van der Waals surface area contributed by atoms with E-state index in [1.165, 1.54) is 0 Å². The number of hydrogen-bond acceptors (Lipinski definition) is 10. The van der Waals surface area contributed by atoms with Crippen LogP contribution in [0.5, 0.6) is 0 Å². The monoisotopic (exact) mass is 415 g/mol. The van der Waals surface area contributed by atoms with E-state index >= 15 is 0 Å². The van der Waals surface area contributed by atoms with Gasteiger partial charge in [0.15, 0.2) is 0 Å². The molecule has 0 aromatic rings. The molecule has 24 heavy (non-hydrogen) atoms. The van der Waals surface area contributed by atoms with Gasteiger partial charge < -0.3 is 34.5 Å². The minimum absolute atomic E-state index is 0. The molecular weight excluding hydrogens is 397 g/mol. The predicted octanol–water partition coefficient (Wildman–Crippen LogP) is -13.1. The van der Waals surface area contributed by atoms with Crippen LogP contribution in [0.25, 0.3) is 0 Å². The standard InChI is InChI=1S/C9H21NO9P2.3Na/c1-2-19-8(11)10-7-5-3-4-6-9(12,20(13,14)15)21(16,17)18;;;/h12H,2-7H2,1H3,(H,10,11)(H2,13,14,15)(H2,16,17,18);;;/q;3*+1/p-3. The molecule has 0 aromatic carbocycles.